The number of fused-ring (bicyclic) bond motifs is 2. The Labute approximate surface area is 175 Å². The summed E-state index contributed by atoms with van der Waals surface area (Å²) in [6.45, 7) is 2.47. The Hall–Kier alpha value is -3.18. The molecule has 0 aliphatic heterocycles. The molecule has 0 radical (unpaired) electrons. The van der Waals surface area contributed by atoms with E-state index in [0.29, 0.717) is 28.8 Å². The number of nitrogens with zero attached hydrogens (tertiary/aromatic N) is 2. The van der Waals surface area contributed by atoms with E-state index in [1.165, 1.54) is 0 Å². The van der Waals surface area contributed by atoms with Crippen molar-refractivity contribution >= 4 is 37.9 Å². The van der Waals surface area contributed by atoms with E-state index in [0.717, 1.165) is 26.6 Å². The molecule has 0 amide bonds. The smallest absolute Gasteiger partial charge is 0.200 e. The first kappa shape index (κ1) is 17.9. The van der Waals surface area contributed by atoms with Crippen molar-refractivity contribution < 1.29 is 4.42 Å². The lowest BCUT2D eigenvalue weighted by Crippen LogP contribution is -2.11. The molecule has 2 heterocycles. The maximum Gasteiger partial charge on any atom is 0.200 e. The van der Waals surface area contributed by atoms with Gasteiger partial charge in [-0.15, -0.1) is 0 Å². The van der Waals surface area contributed by atoms with E-state index in [1.54, 1.807) is 6.33 Å². The van der Waals surface area contributed by atoms with Crippen LogP contribution in [0.25, 0.3) is 33.1 Å². The topological polar surface area (TPSA) is 48.0 Å². The highest BCUT2D eigenvalue weighted by atomic mass is 79.9. The lowest BCUT2D eigenvalue weighted by atomic mass is 10.0. The molecule has 0 bridgehead atoms. The van der Waals surface area contributed by atoms with Crippen LogP contribution in [0.5, 0.6) is 0 Å². The molecular formula is C24H17BrN2O2. The summed E-state index contributed by atoms with van der Waals surface area (Å²) in [6.07, 6.45) is 1.80. The van der Waals surface area contributed by atoms with Crippen LogP contribution in [-0.2, 0) is 6.54 Å². The zero-order chi connectivity index (χ0) is 20.0. The summed E-state index contributed by atoms with van der Waals surface area (Å²) in [5, 5.41) is 0.563. The Morgan fingerprint density at radius 3 is 2.69 bits per heavy atom. The number of aromatic nitrogens is 2. The minimum atomic E-state index is -0.0330. The number of benzene rings is 3. The van der Waals surface area contributed by atoms with Crippen LogP contribution in [0.2, 0.25) is 0 Å². The molecule has 2 aromatic heterocycles. The molecule has 0 N–H and O–H groups in total. The molecule has 0 fully saturated rings. The number of imidazole rings is 1. The van der Waals surface area contributed by atoms with E-state index in [4.69, 9.17) is 4.42 Å². The number of para-hydroxylation sites is 1. The fourth-order valence-corrected chi connectivity index (χ4v) is 4.10. The molecule has 0 saturated carbocycles. The highest BCUT2D eigenvalue weighted by Gasteiger charge is 2.18. The van der Waals surface area contributed by atoms with Gasteiger partial charge in [0.15, 0.2) is 0 Å². The number of aryl methyl sites for hydroxylation is 1. The molecular weight excluding hydrogens is 428 g/mol. The summed E-state index contributed by atoms with van der Waals surface area (Å²) < 4.78 is 9.14. The summed E-state index contributed by atoms with van der Waals surface area (Å²) in [6, 6.07) is 21.3. The Morgan fingerprint density at radius 1 is 1.03 bits per heavy atom. The Kier molecular flexibility index (Phi) is 4.32. The molecule has 0 aliphatic carbocycles. The second-order valence-corrected chi connectivity index (χ2v) is 7.97. The van der Waals surface area contributed by atoms with Gasteiger partial charge in [-0.3, -0.25) is 4.79 Å². The average Bonchev–Trinajstić information content (AvgIpc) is 3.14. The summed E-state index contributed by atoms with van der Waals surface area (Å²) in [7, 11) is 0. The lowest BCUT2D eigenvalue weighted by molar-refractivity contribution is 0.522. The molecule has 0 atom stereocenters. The maximum atomic E-state index is 13.4. The standard InChI is InChI=1S/C24H17BrN2O2/c1-15-6-5-9-19-23(15)26-14-27(19)13-21-22(16-7-3-2-4-8-16)24(28)18-12-17(25)10-11-20(18)29-21/h2-12,14H,13H2,1H3. The van der Waals surface area contributed by atoms with Gasteiger partial charge in [0, 0.05) is 4.47 Å². The molecule has 29 heavy (non-hydrogen) atoms. The van der Waals surface area contributed by atoms with Crippen LogP contribution in [0.15, 0.2) is 86.7 Å². The van der Waals surface area contributed by atoms with Crippen molar-refractivity contribution in [2.24, 2.45) is 0 Å². The third-order valence-electron chi connectivity index (χ3n) is 5.15. The van der Waals surface area contributed by atoms with Crippen LogP contribution < -0.4 is 5.43 Å². The molecule has 4 nitrogen and oxygen atoms in total. The quantitative estimate of drug-likeness (QED) is 0.346. The van der Waals surface area contributed by atoms with Gasteiger partial charge in [0.05, 0.1) is 34.9 Å². The Bertz CT molecular complexity index is 1420. The predicted molar refractivity (Wildman–Crippen MR) is 119 cm³/mol. The van der Waals surface area contributed by atoms with Gasteiger partial charge in [-0.25, -0.2) is 4.98 Å². The SMILES string of the molecule is Cc1cccc2c1ncn2Cc1oc2ccc(Br)cc2c(=O)c1-c1ccccc1. The summed E-state index contributed by atoms with van der Waals surface area (Å²) in [5.74, 6) is 0.622. The Balaban J connectivity index is 1.77. The van der Waals surface area contributed by atoms with Gasteiger partial charge >= 0.3 is 0 Å². The minimum Gasteiger partial charge on any atom is -0.458 e. The third kappa shape index (κ3) is 3.08. The maximum absolute atomic E-state index is 13.4. The van der Waals surface area contributed by atoms with E-state index in [9.17, 15) is 4.79 Å². The van der Waals surface area contributed by atoms with E-state index in [1.807, 2.05) is 78.2 Å². The highest BCUT2D eigenvalue weighted by molar-refractivity contribution is 9.10. The monoisotopic (exact) mass is 444 g/mol. The first-order valence-electron chi connectivity index (χ1n) is 9.33. The van der Waals surface area contributed by atoms with Gasteiger partial charge < -0.3 is 8.98 Å². The fourth-order valence-electron chi connectivity index (χ4n) is 3.74. The lowest BCUT2D eigenvalue weighted by Gasteiger charge is -2.12. The zero-order valence-electron chi connectivity index (χ0n) is 15.7. The average molecular weight is 445 g/mol. The normalized spacial score (nSPS) is 11.4. The van der Waals surface area contributed by atoms with Crippen LogP contribution in [0.4, 0.5) is 0 Å². The number of rotatable bonds is 3. The van der Waals surface area contributed by atoms with Crippen LogP contribution >= 0.6 is 15.9 Å². The minimum absolute atomic E-state index is 0.0330. The van der Waals surface area contributed by atoms with Gasteiger partial charge in [0.1, 0.15) is 11.3 Å². The van der Waals surface area contributed by atoms with Crippen molar-refractivity contribution in [3.05, 3.63) is 99.1 Å². The van der Waals surface area contributed by atoms with Gasteiger partial charge in [-0.2, -0.15) is 0 Å². The zero-order valence-corrected chi connectivity index (χ0v) is 17.3. The second kappa shape index (κ2) is 7.01. The molecule has 5 aromatic rings. The van der Waals surface area contributed by atoms with Crippen molar-refractivity contribution in [2.45, 2.75) is 13.5 Å². The molecule has 0 spiro atoms. The highest BCUT2D eigenvalue weighted by Crippen LogP contribution is 2.28. The second-order valence-electron chi connectivity index (χ2n) is 7.05. The Morgan fingerprint density at radius 2 is 1.86 bits per heavy atom. The van der Waals surface area contributed by atoms with Crippen molar-refractivity contribution in [1.82, 2.24) is 9.55 Å². The first-order chi connectivity index (χ1) is 14.1. The van der Waals surface area contributed by atoms with E-state index < -0.39 is 0 Å². The molecule has 142 valence electrons. The van der Waals surface area contributed by atoms with Gasteiger partial charge in [0.2, 0.25) is 5.43 Å². The summed E-state index contributed by atoms with van der Waals surface area (Å²) >= 11 is 3.46. The molecule has 0 aliphatic rings. The van der Waals surface area contributed by atoms with Crippen LogP contribution in [0.3, 0.4) is 0 Å². The predicted octanol–water partition coefficient (Wildman–Crippen LogP) is 5.93. The van der Waals surface area contributed by atoms with E-state index in [2.05, 4.69) is 20.9 Å². The van der Waals surface area contributed by atoms with Crippen LogP contribution in [-0.4, -0.2) is 9.55 Å². The molecule has 5 rings (SSSR count). The van der Waals surface area contributed by atoms with Crippen LogP contribution in [0.1, 0.15) is 11.3 Å². The number of hydrogen-bond donors (Lipinski definition) is 0. The van der Waals surface area contributed by atoms with E-state index in [-0.39, 0.29) is 5.43 Å². The molecule has 0 saturated heterocycles. The van der Waals surface area contributed by atoms with Gasteiger partial charge in [-0.1, -0.05) is 58.4 Å². The molecule has 0 unspecified atom stereocenters. The van der Waals surface area contributed by atoms with Crippen molar-refractivity contribution in [2.75, 3.05) is 0 Å². The van der Waals surface area contributed by atoms with Crippen molar-refractivity contribution in [3.63, 3.8) is 0 Å². The van der Waals surface area contributed by atoms with Gasteiger partial charge in [0.25, 0.3) is 0 Å². The van der Waals surface area contributed by atoms with Gasteiger partial charge in [-0.05, 0) is 42.3 Å². The fraction of sp³-hybridized carbons (Fsp3) is 0.0833. The van der Waals surface area contributed by atoms with Crippen molar-refractivity contribution in [1.29, 1.82) is 0 Å². The largest absolute Gasteiger partial charge is 0.458 e. The van der Waals surface area contributed by atoms with E-state index >= 15 is 0 Å². The van der Waals surface area contributed by atoms with Crippen LogP contribution in [0, 0.1) is 6.92 Å². The van der Waals surface area contributed by atoms with Crippen molar-refractivity contribution in [3.8, 4) is 11.1 Å². The third-order valence-corrected chi connectivity index (χ3v) is 5.65. The molecule has 5 heteroatoms. The first-order valence-corrected chi connectivity index (χ1v) is 10.1. The summed E-state index contributed by atoms with van der Waals surface area (Å²) in [5.41, 5.74) is 5.07. The summed E-state index contributed by atoms with van der Waals surface area (Å²) in [4.78, 5) is 18.0. The number of hydrogen-bond acceptors (Lipinski definition) is 3. The number of halogens is 1. The molecule has 3 aromatic carbocycles.